The minimum absolute atomic E-state index is 0.0200. The molecule has 7 nitrogen and oxygen atoms in total. The molecule has 0 aliphatic carbocycles. The van der Waals surface area contributed by atoms with E-state index < -0.39 is 22.1 Å². The number of anilines is 1. The van der Waals surface area contributed by atoms with Crippen LogP contribution in [-0.2, 0) is 14.8 Å². The van der Waals surface area contributed by atoms with E-state index in [1.165, 1.54) is 37.5 Å². The van der Waals surface area contributed by atoms with Crippen molar-refractivity contribution in [3.8, 4) is 16.9 Å². The van der Waals surface area contributed by atoms with Crippen LogP contribution in [0.4, 0.5) is 5.69 Å². The van der Waals surface area contributed by atoms with Crippen molar-refractivity contribution in [2.75, 3.05) is 4.72 Å². The molecule has 10 heteroatoms. The predicted molar refractivity (Wildman–Crippen MR) is 115 cm³/mol. The van der Waals surface area contributed by atoms with Gasteiger partial charge >= 0.3 is 5.97 Å². The van der Waals surface area contributed by atoms with E-state index in [-0.39, 0.29) is 15.6 Å². The SMILES string of the molecule is CC(Oc1ccc(-c2cc(Cl)cc(Cl)c2NS(=O)(=O)c2cccnc2)cc1)C(=O)O. The van der Waals surface area contributed by atoms with Crippen LogP contribution in [-0.4, -0.2) is 30.6 Å². The summed E-state index contributed by atoms with van der Waals surface area (Å²) in [4.78, 5) is 14.7. The Balaban J connectivity index is 1.99. The van der Waals surface area contributed by atoms with Crippen molar-refractivity contribution < 1.29 is 23.1 Å². The van der Waals surface area contributed by atoms with Crippen molar-refractivity contribution in [2.24, 2.45) is 0 Å². The summed E-state index contributed by atoms with van der Waals surface area (Å²) in [6.07, 6.45) is 1.68. The normalized spacial score (nSPS) is 12.2. The fourth-order valence-electron chi connectivity index (χ4n) is 2.57. The van der Waals surface area contributed by atoms with Crippen molar-refractivity contribution in [2.45, 2.75) is 17.9 Å². The van der Waals surface area contributed by atoms with Gasteiger partial charge in [-0.2, -0.15) is 0 Å². The first-order chi connectivity index (χ1) is 14.2. The first kappa shape index (κ1) is 21.9. The number of ether oxygens (including phenoxy) is 1. The number of carboxylic acid groups (broad SMARTS) is 1. The molecular formula is C20H16Cl2N2O5S. The Morgan fingerprint density at radius 2 is 1.87 bits per heavy atom. The highest BCUT2D eigenvalue weighted by Gasteiger charge is 2.20. The molecule has 3 rings (SSSR count). The molecule has 3 aromatic rings. The quantitative estimate of drug-likeness (QED) is 0.522. The second kappa shape index (κ2) is 8.91. The van der Waals surface area contributed by atoms with E-state index in [1.54, 1.807) is 30.3 Å². The molecule has 1 aromatic heterocycles. The average Bonchev–Trinajstić information content (AvgIpc) is 2.71. The number of rotatable bonds is 7. The van der Waals surface area contributed by atoms with Gasteiger partial charge in [0.2, 0.25) is 0 Å². The molecule has 30 heavy (non-hydrogen) atoms. The van der Waals surface area contributed by atoms with Gasteiger partial charge in [0.15, 0.2) is 6.10 Å². The first-order valence-electron chi connectivity index (χ1n) is 8.59. The van der Waals surface area contributed by atoms with Gasteiger partial charge in [0, 0.05) is 23.0 Å². The number of hydrogen-bond acceptors (Lipinski definition) is 5. The second-order valence-electron chi connectivity index (χ2n) is 6.23. The Kier molecular flexibility index (Phi) is 6.50. The molecular weight excluding hydrogens is 451 g/mol. The lowest BCUT2D eigenvalue weighted by Crippen LogP contribution is -2.22. The van der Waals surface area contributed by atoms with Crippen LogP contribution >= 0.6 is 23.2 Å². The van der Waals surface area contributed by atoms with Gasteiger partial charge in [0.25, 0.3) is 10.0 Å². The van der Waals surface area contributed by atoms with Crippen molar-refractivity contribution in [3.63, 3.8) is 0 Å². The third-order valence-electron chi connectivity index (χ3n) is 4.06. The molecule has 1 heterocycles. The Labute approximate surface area is 183 Å². The van der Waals surface area contributed by atoms with Gasteiger partial charge < -0.3 is 9.84 Å². The van der Waals surface area contributed by atoms with Crippen molar-refractivity contribution in [3.05, 3.63) is 71.0 Å². The predicted octanol–water partition coefficient (Wildman–Crippen LogP) is 4.71. The van der Waals surface area contributed by atoms with Crippen LogP contribution in [0.25, 0.3) is 11.1 Å². The highest BCUT2D eigenvalue weighted by molar-refractivity contribution is 7.92. The largest absolute Gasteiger partial charge is 0.479 e. The number of pyridine rings is 1. The highest BCUT2D eigenvalue weighted by atomic mass is 35.5. The lowest BCUT2D eigenvalue weighted by molar-refractivity contribution is -0.144. The van der Waals surface area contributed by atoms with Crippen LogP contribution in [0.3, 0.4) is 0 Å². The Morgan fingerprint density at radius 3 is 2.47 bits per heavy atom. The molecule has 2 aromatic carbocycles. The topological polar surface area (TPSA) is 106 Å². The molecule has 0 bridgehead atoms. The first-order valence-corrected chi connectivity index (χ1v) is 10.8. The summed E-state index contributed by atoms with van der Waals surface area (Å²) in [6, 6.07) is 12.4. The summed E-state index contributed by atoms with van der Waals surface area (Å²) in [5, 5.41) is 9.39. The summed E-state index contributed by atoms with van der Waals surface area (Å²) < 4.78 is 33.3. The minimum atomic E-state index is -3.94. The molecule has 0 spiro atoms. The maximum atomic E-state index is 12.7. The molecule has 1 unspecified atom stereocenters. The van der Waals surface area contributed by atoms with Crippen LogP contribution in [0.1, 0.15) is 6.92 Å². The summed E-state index contributed by atoms with van der Waals surface area (Å²) in [5.41, 5.74) is 1.19. The van der Waals surface area contributed by atoms with Crippen molar-refractivity contribution in [1.82, 2.24) is 4.98 Å². The lowest BCUT2D eigenvalue weighted by Gasteiger charge is -2.16. The molecule has 0 aliphatic heterocycles. The minimum Gasteiger partial charge on any atom is -0.479 e. The third kappa shape index (κ3) is 5.02. The molecule has 0 radical (unpaired) electrons. The van der Waals surface area contributed by atoms with Gasteiger partial charge in [0.1, 0.15) is 10.6 Å². The third-order valence-corrected chi connectivity index (χ3v) is 5.91. The Hall–Kier alpha value is -2.81. The molecule has 156 valence electrons. The van der Waals surface area contributed by atoms with E-state index in [0.717, 1.165) is 0 Å². The van der Waals surface area contributed by atoms with E-state index in [4.69, 9.17) is 33.0 Å². The van der Waals surface area contributed by atoms with Gasteiger partial charge in [-0.25, -0.2) is 13.2 Å². The number of aliphatic carboxylic acids is 1. The van der Waals surface area contributed by atoms with Crippen molar-refractivity contribution in [1.29, 1.82) is 0 Å². The standard InChI is InChI=1S/C20H16Cl2N2O5S/c1-12(20(25)26)29-15-6-4-13(5-7-15)17-9-14(21)10-18(22)19(17)24-30(27,28)16-3-2-8-23-11-16/h2-12,24H,1H3,(H,25,26). The molecule has 0 saturated carbocycles. The number of nitrogens with zero attached hydrogens (tertiary/aromatic N) is 1. The summed E-state index contributed by atoms with van der Waals surface area (Å²) in [6.45, 7) is 1.41. The Bertz CT molecular complexity index is 1170. The van der Waals surface area contributed by atoms with Crippen LogP contribution in [0, 0.1) is 0 Å². The average molecular weight is 467 g/mol. The molecule has 0 amide bonds. The zero-order chi connectivity index (χ0) is 21.9. The second-order valence-corrected chi connectivity index (χ2v) is 8.75. The van der Waals surface area contributed by atoms with E-state index in [0.29, 0.717) is 21.9 Å². The van der Waals surface area contributed by atoms with Crippen LogP contribution in [0.5, 0.6) is 5.75 Å². The van der Waals surface area contributed by atoms with E-state index in [9.17, 15) is 13.2 Å². The van der Waals surface area contributed by atoms with Crippen LogP contribution in [0.15, 0.2) is 65.8 Å². The maximum Gasteiger partial charge on any atom is 0.344 e. The Morgan fingerprint density at radius 1 is 1.17 bits per heavy atom. The zero-order valence-corrected chi connectivity index (χ0v) is 17.9. The number of hydrogen-bond donors (Lipinski definition) is 2. The fraction of sp³-hybridized carbons (Fsp3) is 0.100. The lowest BCUT2D eigenvalue weighted by atomic mass is 10.0. The van der Waals surface area contributed by atoms with Gasteiger partial charge in [-0.1, -0.05) is 35.3 Å². The van der Waals surface area contributed by atoms with Crippen LogP contribution < -0.4 is 9.46 Å². The number of nitrogens with one attached hydrogen (secondary N) is 1. The fourth-order valence-corrected chi connectivity index (χ4v) is 4.23. The smallest absolute Gasteiger partial charge is 0.344 e. The number of benzene rings is 2. The number of carbonyl (C=O) groups is 1. The van der Waals surface area contributed by atoms with E-state index in [1.807, 2.05) is 0 Å². The molecule has 0 fully saturated rings. The molecule has 1 atom stereocenters. The van der Waals surface area contributed by atoms with Crippen LogP contribution in [0.2, 0.25) is 10.0 Å². The highest BCUT2D eigenvalue weighted by Crippen LogP contribution is 2.38. The summed E-state index contributed by atoms with van der Waals surface area (Å²) in [7, 11) is -3.94. The molecule has 0 aliphatic rings. The maximum absolute atomic E-state index is 12.7. The number of carboxylic acids is 1. The molecule has 2 N–H and O–H groups in total. The van der Waals surface area contributed by atoms with Gasteiger partial charge in [-0.3, -0.25) is 9.71 Å². The number of halogens is 2. The zero-order valence-electron chi connectivity index (χ0n) is 15.5. The summed E-state index contributed by atoms with van der Waals surface area (Å²) >= 11 is 12.4. The molecule has 0 saturated heterocycles. The van der Waals surface area contributed by atoms with E-state index >= 15 is 0 Å². The summed E-state index contributed by atoms with van der Waals surface area (Å²) in [5.74, 6) is -0.743. The number of sulfonamides is 1. The van der Waals surface area contributed by atoms with Gasteiger partial charge in [-0.05, 0) is 48.9 Å². The van der Waals surface area contributed by atoms with Crippen molar-refractivity contribution >= 4 is 44.9 Å². The van der Waals surface area contributed by atoms with E-state index in [2.05, 4.69) is 9.71 Å². The monoisotopic (exact) mass is 466 g/mol. The number of aromatic nitrogens is 1. The van der Waals surface area contributed by atoms with Gasteiger partial charge in [-0.15, -0.1) is 0 Å². The van der Waals surface area contributed by atoms with Gasteiger partial charge in [0.05, 0.1) is 10.7 Å².